The van der Waals surface area contributed by atoms with Crippen LogP contribution in [0, 0.1) is 5.92 Å². The van der Waals surface area contributed by atoms with Crippen LogP contribution in [-0.4, -0.2) is 34.8 Å². The van der Waals surface area contributed by atoms with Gasteiger partial charge in [-0.05, 0) is 33.1 Å². The second-order valence-corrected chi connectivity index (χ2v) is 6.34. The van der Waals surface area contributed by atoms with E-state index < -0.39 is 0 Å². The van der Waals surface area contributed by atoms with Crippen LogP contribution in [0.3, 0.4) is 0 Å². The summed E-state index contributed by atoms with van der Waals surface area (Å²) in [6.45, 7) is 10.3. The summed E-state index contributed by atoms with van der Waals surface area (Å²) in [5, 5.41) is 3.31. The van der Waals surface area contributed by atoms with E-state index in [4.69, 9.17) is 0 Å². The largest absolute Gasteiger partial charge is 0.303 e. The van der Waals surface area contributed by atoms with E-state index in [2.05, 4.69) is 26.1 Å². The van der Waals surface area contributed by atoms with Gasteiger partial charge in [0.1, 0.15) is 0 Å². The Morgan fingerprint density at radius 3 is 2.26 bits per heavy atom. The van der Waals surface area contributed by atoms with Crippen LogP contribution >= 0.6 is 0 Å². The summed E-state index contributed by atoms with van der Waals surface area (Å²) in [4.78, 5) is 25.3. The second-order valence-electron chi connectivity index (χ2n) is 6.34. The first-order valence-corrected chi connectivity index (χ1v) is 7.44. The third-order valence-corrected chi connectivity index (χ3v) is 3.60. The van der Waals surface area contributed by atoms with Gasteiger partial charge in [-0.2, -0.15) is 0 Å². The molecular formula is C15H28N2O2. The monoisotopic (exact) mass is 268 g/mol. The molecule has 2 atom stereocenters. The predicted molar refractivity (Wildman–Crippen MR) is 76.7 cm³/mol. The maximum absolute atomic E-state index is 12.1. The van der Waals surface area contributed by atoms with E-state index in [0.717, 1.165) is 18.8 Å². The Labute approximate surface area is 116 Å². The zero-order valence-electron chi connectivity index (χ0n) is 12.9. The van der Waals surface area contributed by atoms with Gasteiger partial charge in [-0.3, -0.25) is 14.5 Å². The fraction of sp³-hybridized carbons (Fsp3) is 0.867. The number of rotatable bonds is 7. The molecule has 2 amide bonds. The molecule has 0 radical (unpaired) electrons. The van der Waals surface area contributed by atoms with E-state index in [1.165, 1.54) is 11.3 Å². The number of carbonyl (C=O) groups excluding carboxylic acids is 2. The molecule has 0 aromatic carbocycles. The number of likely N-dealkylation sites (tertiary alicyclic amines) is 1. The highest BCUT2D eigenvalue weighted by Gasteiger charge is 2.40. The van der Waals surface area contributed by atoms with Crippen molar-refractivity contribution in [3.05, 3.63) is 0 Å². The van der Waals surface area contributed by atoms with Crippen molar-refractivity contribution in [1.82, 2.24) is 10.2 Å². The summed E-state index contributed by atoms with van der Waals surface area (Å²) < 4.78 is 0. The van der Waals surface area contributed by atoms with Gasteiger partial charge >= 0.3 is 0 Å². The van der Waals surface area contributed by atoms with Gasteiger partial charge in [-0.1, -0.05) is 26.7 Å². The minimum atomic E-state index is -0.316. The van der Waals surface area contributed by atoms with Crippen LogP contribution in [0.15, 0.2) is 0 Å². The third kappa shape index (κ3) is 4.60. The maximum atomic E-state index is 12.1. The predicted octanol–water partition coefficient (Wildman–Crippen LogP) is 2.33. The molecule has 1 fully saturated rings. The lowest BCUT2D eigenvalue weighted by molar-refractivity contribution is -0.140. The Balaban J connectivity index is 2.41. The maximum Gasteiger partial charge on any atom is 0.247 e. The fourth-order valence-corrected chi connectivity index (χ4v) is 2.58. The van der Waals surface area contributed by atoms with E-state index in [0.29, 0.717) is 6.42 Å². The molecule has 1 rings (SSSR count). The number of imide groups is 1. The lowest BCUT2D eigenvalue weighted by Crippen LogP contribution is -2.44. The Morgan fingerprint density at radius 1 is 1.16 bits per heavy atom. The van der Waals surface area contributed by atoms with Gasteiger partial charge in [-0.15, -0.1) is 0 Å². The summed E-state index contributed by atoms with van der Waals surface area (Å²) in [6, 6.07) is -0.0698. The molecule has 0 aliphatic carbocycles. The van der Waals surface area contributed by atoms with E-state index in [1.807, 2.05) is 13.8 Å². The molecule has 4 nitrogen and oxygen atoms in total. The molecule has 0 bridgehead atoms. The summed E-state index contributed by atoms with van der Waals surface area (Å²) in [5.74, 6) is 0.612. The first-order valence-electron chi connectivity index (χ1n) is 7.44. The Hall–Kier alpha value is -0.900. The molecule has 1 N–H and O–H groups in total. The summed E-state index contributed by atoms with van der Waals surface area (Å²) in [7, 11) is 0. The Morgan fingerprint density at radius 2 is 1.79 bits per heavy atom. The van der Waals surface area contributed by atoms with Gasteiger partial charge in [-0.25, -0.2) is 0 Å². The number of hydrogen-bond acceptors (Lipinski definition) is 3. The topological polar surface area (TPSA) is 49.4 Å². The summed E-state index contributed by atoms with van der Waals surface area (Å²) >= 11 is 0. The van der Waals surface area contributed by atoms with Gasteiger partial charge in [0.2, 0.25) is 11.8 Å². The molecule has 0 saturated carbocycles. The second kappa shape index (κ2) is 7.04. The van der Waals surface area contributed by atoms with Gasteiger partial charge in [0.25, 0.3) is 0 Å². The van der Waals surface area contributed by atoms with Crippen molar-refractivity contribution in [2.75, 3.05) is 0 Å². The molecule has 110 valence electrons. The van der Waals surface area contributed by atoms with E-state index >= 15 is 0 Å². The quantitative estimate of drug-likeness (QED) is 0.721. The molecule has 1 aliphatic rings. The molecule has 0 spiro atoms. The highest BCUT2D eigenvalue weighted by Crippen LogP contribution is 2.17. The van der Waals surface area contributed by atoms with Crippen LogP contribution in [0.4, 0.5) is 0 Å². The van der Waals surface area contributed by atoms with Gasteiger partial charge in [0, 0.05) is 12.1 Å². The fourth-order valence-electron chi connectivity index (χ4n) is 2.58. The summed E-state index contributed by atoms with van der Waals surface area (Å²) in [5.41, 5.74) is 0. The highest BCUT2D eigenvalue weighted by molar-refractivity contribution is 6.05. The number of nitrogens with one attached hydrogen (secondary N) is 1. The lowest BCUT2D eigenvalue weighted by atomic mass is 10.0. The van der Waals surface area contributed by atoms with Crippen LogP contribution in [0.1, 0.15) is 60.3 Å². The average molecular weight is 268 g/mol. The van der Waals surface area contributed by atoms with Crippen molar-refractivity contribution in [3.8, 4) is 0 Å². The first-order chi connectivity index (χ1) is 8.82. The van der Waals surface area contributed by atoms with Gasteiger partial charge in [0.05, 0.1) is 12.5 Å². The van der Waals surface area contributed by atoms with E-state index in [1.54, 1.807) is 0 Å². The third-order valence-electron chi connectivity index (χ3n) is 3.60. The van der Waals surface area contributed by atoms with Crippen LogP contribution in [0.2, 0.25) is 0 Å². The van der Waals surface area contributed by atoms with Crippen molar-refractivity contribution >= 4 is 11.8 Å². The summed E-state index contributed by atoms with van der Waals surface area (Å²) in [6.07, 6.45) is 3.74. The van der Waals surface area contributed by atoms with Gasteiger partial charge in [0.15, 0.2) is 0 Å². The van der Waals surface area contributed by atoms with Gasteiger partial charge < -0.3 is 5.32 Å². The minimum absolute atomic E-state index is 0.0388. The van der Waals surface area contributed by atoms with Crippen molar-refractivity contribution in [1.29, 1.82) is 0 Å². The number of amides is 2. The van der Waals surface area contributed by atoms with Crippen molar-refractivity contribution < 1.29 is 9.59 Å². The lowest BCUT2D eigenvalue weighted by Gasteiger charge is -2.21. The standard InChI is InChI=1S/C15H28N2O2/c1-10(2)7-6-8-12(5)16-13-9-14(18)17(11(3)4)15(13)19/h10-13,16H,6-9H2,1-5H3. The highest BCUT2D eigenvalue weighted by atomic mass is 16.2. The zero-order valence-corrected chi connectivity index (χ0v) is 12.9. The Bertz CT molecular complexity index is 326. The minimum Gasteiger partial charge on any atom is -0.303 e. The molecule has 19 heavy (non-hydrogen) atoms. The zero-order chi connectivity index (χ0) is 14.6. The number of nitrogens with zero attached hydrogens (tertiary/aromatic N) is 1. The molecule has 4 heteroatoms. The molecule has 1 saturated heterocycles. The first kappa shape index (κ1) is 16.2. The average Bonchev–Trinajstić information content (AvgIpc) is 2.53. The molecule has 0 aromatic rings. The van der Waals surface area contributed by atoms with Crippen molar-refractivity contribution in [2.45, 2.75) is 78.4 Å². The van der Waals surface area contributed by atoms with Crippen LogP contribution < -0.4 is 5.32 Å². The number of hydrogen-bond donors (Lipinski definition) is 1. The van der Waals surface area contributed by atoms with E-state index in [9.17, 15) is 9.59 Å². The van der Waals surface area contributed by atoms with Crippen LogP contribution in [-0.2, 0) is 9.59 Å². The molecule has 1 heterocycles. The molecule has 1 aliphatic heterocycles. The molecule has 2 unspecified atom stereocenters. The van der Waals surface area contributed by atoms with E-state index in [-0.39, 0.29) is 29.9 Å². The molecular weight excluding hydrogens is 240 g/mol. The van der Waals surface area contributed by atoms with Crippen molar-refractivity contribution in [2.24, 2.45) is 5.92 Å². The normalized spacial score (nSPS) is 21.8. The van der Waals surface area contributed by atoms with Crippen molar-refractivity contribution in [3.63, 3.8) is 0 Å². The molecule has 0 aromatic heterocycles. The Kier molecular flexibility index (Phi) is 5.98. The van der Waals surface area contributed by atoms with Crippen LogP contribution in [0.25, 0.3) is 0 Å². The SMILES string of the molecule is CC(C)CCCC(C)NC1CC(=O)N(C(C)C)C1=O. The van der Waals surface area contributed by atoms with Crippen LogP contribution in [0.5, 0.6) is 0 Å². The smallest absolute Gasteiger partial charge is 0.247 e. The number of carbonyl (C=O) groups is 2.